The Labute approximate surface area is 162 Å². The molecule has 0 saturated heterocycles. The summed E-state index contributed by atoms with van der Waals surface area (Å²) < 4.78 is 0. The fourth-order valence-corrected chi connectivity index (χ4v) is 3.65. The van der Waals surface area contributed by atoms with Gasteiger partial charge in [-0.25, -0.2) is 4.79 Å². The highest BCUT2D eigenvalue weighted by Gasteiger charge is 2.50. The highest BCUT2D eigenvalue weighted by Crippen LogP contribution is 2.37. The van der Waals surface area contributed by atoms with Gasteiger partial charge in [-0.2, -0.15) is 0 Å². The second-order valence-corrected chi connectivity index (χ2v) is 7.50. The minimum atomic E-state index is -2.10. The molecule has 0 radical (unpaired) electrons. The molecular weight excluding hydrogens is 344 g/mol. The summed E-state index contributed by atoms with van der Waals surface area (Å²) >= 11 is 0. The maximum atomic E-state index is 11.5. The van der Waals surface area contributed by atoms with Crippen molar-refractivity contribution in [2.75, 3.05) is 0 Å². The molecule has 27 heavy (non-hydrogen) atoms. The van der Waals surface area contributed by atoms with Crippen molar-refractivity contribution in [3.8, 4) is 12.3 Å². The summed E-state index contributed by atoms with van der Waals surface area (Å²) in [7, 11) is 0. The third kappa shape index (κ3) is 6.80. The molecule has 0 aromatic carbocycles. The van der Waals surface area contributed by atoms with E-state index in [2.05, 4.69) is 12.8 Å². The summed E-state index contributed by atoms with van der Waals surface area (Å²) in [6.45, 7) is 2.09. The molecule has 0 aromatic heterocycles. The normalized spacial score (nSPS) is 21.1. The molecule has 0 amide bonds. The SMILES string of the molecule is C#C[C@](O)(/C=C\C/C=C/C[C@@H](O)[C@](O)(C(=O)O)C1CCCC1)CCCCC. The van der Waals surface area contributed by atoms with Crippen LogP contribution >= 0.6 is 0 Å². The van der Waals surface area contributed by atoms with Crippen molar-refractivity contribution >= 4 is 5.97 Å². The quantitative estimate of drug-likeness (QED) is 0.237. The van der Waals surface area contributed by atoms with E-state index < -0.39 is 29.2 Å². The van der Waals surface area contributed by atoms with Crippen molar-refractivity contribution in [3.63, 3.8) is 0 Å². The van der Waals surface area contributed by atoms with Gasteiger partial charge in [0.15, 0.2) is 5.60 Å². The van der Waals surface area contributed by atoms with Crippen molar-refractivity contribution in [2.24, 2.45) is 5.92 Å². The van der Waals surface area contributed by atoms with E-state index in [9.17, 15) is 25.2 Å². The number of allylic oxidation sites excluding steroid dienone is 2. The van der Waals surface area contributed by atoms with Gasteiger partial charge in [-0.15, -0.1) is 6.42 Å². The van der Waals surface area contributed by atoms with Crippen molar-refractivity contribution < 1.29 is 25.2 Å². The van der Waals surface area contributed by atoms with Crippen LogP contribution in [0.5, 0.6) is 0 Å². The molecule has 1 rings (SSSR count). The van der Waals surface area contributed by atoms with E-state index in [1.54, 1.807) is 24.3 Å². The average molecular weight is 379 g/mol. The molecule has 3 atom stereocenters. The first-order valence-corrected chi connectivity index (χ1v) is 9.96. The molecule has 0 aliphatic heterocycles. The predicted molar refractivity (Wildman–Crippen MR) is 106 cm³/mol. The zero-order valence-corrected chi connectivity index (χ0v) is 16.3. The van der Waals surface area contributed by atoms with Crippen molar-refractivity contribution in [3.05, 3.63) is 24.3 Å². The second kappa shape index (κ2) is 11.3. The maximum Gasteiger partial charge on any atom is 0.338 e. The topological polar surface area (TPSA) is 98.0 Å². The molecule has 1 aliphatic carbocycles. The predicted octanol–water partition coefficient (Wildman–Crippen LogP) is 3.19. The summed E-state index contributed by atoms with van der Waals surface area (Å²) in [5, 5.41) is 40.5. The number of unbranched alkanes of at least 4 members (excludes halogenated alkanes) is 2. The summed E-state index contributed by atoms with van der Waals surface area (Å²) in [4.78, 5) is 11.5. The van der Waals surface area contributed by atoms with E-state index in [0.29, 0.717) is 25.7 Å². The van der Waals surface area contributed by atoms with Gasteiger partial charge in [0.05, 0.1) is 6.10 Å². The monoisotopic (exact) mass is 378 g/mol. The molecule has 1 saturated carbocycles. The number of carbonyl (C=O) groups is 1. The van der Waals surface area contributed by atoms with Gasteiger partial charge < -0.3 is 20.4 Å². The van der Waals surface area contributed by atoms with Gasteiger partial charge in [-0.1, -0.05) is 56.8 Å². The number of hydrogen-bond donors (Lipinski definition) is 4. The third-order valence-corrected chi connectivity index (χ3v) is 5.43. The van der Waals surface area contributed by atoms with Crippen LogP contribution in [0, 0.1) is 18.3 Å². The molecular formula is C22H34O5. The summed E-state index contributed by atoms with van der Waals surface area (Å²) in [5.74, 6) is 0.646. The zero-order valence-electron chi connectivity index (χ0n) is 16.3. The molecule has 152 valence electrons. The number of terminal acetylenes is 1. The van der Waals surface area contributed by atoms with E-state index >= 15 is 0 Å². The summed E-state index contributed by atoms with van der Waals surface area (Å²) in [6.07, 6.45) is 17.9. The van der Waals surface area contributed by atoms with Crippen molar-refractivity contribution in [1.82, 2.24) is 0 Å². The molecule has 0 bridgehead atoms. The van der Waals surface area contributed by atoms with Crippen LogP contribution in [0.4, 0.5) is 0 Å². The summed E-state index contributed by atoms with van der Waals surface area (Å²) in [5.41, 5.74) is -3.34. The fraction of sp³-hybridized carbons (Fsp3) is 0.682. The minimum Gasteiger partial charge on any atom is -0.479 e. The second-order valence-electron chi connectivity index (χ2n) is 7.50. The smallest absolute Gasteiger partial charge is 0.338 e. The van der Waals surface area contributed by atoms with Gasteiger partial charge in [0, 0.05) is 5.92 Å². The Balaban J connectivity index is 2.53. The first kappa shape index (κ1) is 23.4. The highest BCUT2D eigenvalue weighted by atomic mass is 16.4. The summed E-state index contributed by atoms with van der Waals surface area (Å²) in [6, 6.07) is 0. The first-order valence-electron chi connectivity index (χ1n) is 9.96. The van der Waals surface area contributed by atoms with Crippen LogP contribution in [-0.4, -0.2) is 43.7 Å². The van der Waals surface area contributed by atoms with Crippen LogP contribution < -0.4 is 0 Å². The third-order valence-electron chi connectivity index (χ3n) is 5.43. The van der Waals surface area contributed by atoms with Gasteiger partial charge >= 0.3 is 5.97 Å². The van der Waals surface area contributed by atoms with E-state index in [1.807, 2.05) is 0 Å². The lowest BCUT2D eigenvalue weighted by Gasteiger charge is -2.33. The number of carboxylic acid groups (broad SMARTS) is 1. The molecule has 1 aliphatic rings. The Hall–Kier alpha value is -1.61. The number of carboxylic acids is 1. The van der Waals surface area contributed by atoms with Crippen LogP contribution in [0.2, 0.25) is 0 Å². The minimum absolute atomic E-state index is 0.0586. The van der Waals surface area contributed by atoms with Crippen LogP contribution in [0.25, 0.3) is 0 Å². The molecule has 5 nitrogen and oxygen atoms in total. The Morgan fingerprint density at radius 1 is 1.22 bits per heavy atom. The van der Waals surface area contributed by atoms with Crippen LogP contribution in [0.15, 0.2) is 24.3 Å². The highest BCUT2D eigenvalue weighted by molar-refractivity contribution is 5.78. The lowest BCUT2D eigenvalue weighted by atomic mass is 9.80. The molecule has 0 heterocycles. The van der Waals surface area contributed by atoms with Gasteiger partial charge in [0.25, 0.3) is 0 Å². The average Bonchev–Trinajstić information content (AvgIpc) is 3.18. The number of hydrogen-bond acceptors (Lipinski definition) is 4. The van der Waals surface area contributed by atoms with Crippen LogP contribution in [0.3, 0.4) is 0 Å². The standard InChI is InChI=1S/C22H34O5/c1-3-5-11-16-21(26,4-2)17-12-7-6-8-15-19(23)22(27,20(24)25)18-13-9-10-14-18/h2,6,8,12,17-19,23,26-27H,3,5,7,9-11,13-16H2,1H3,(H,24,25)/b8-6+,17-12-/t19-,21-,22+/m1/s1. The van der Waals surface area contributed by atoms with Crippen molar-refractivity contribution in [1.29, 1.82) is 0 Å². The molecule has 1 fully saturated rings. The van der Waals surface area contributed by atoms with Crippen LogP contribution in [-0.2, 0) is 4.79 Å². The number of aliphatic hydroxyl groups is 3. The van der Waals surface area contributed by atoms with Crippen molar-refractivity contribution in [2.45, 2.75) is 88.4 Å². The number of rotatable bonds is 12. The lowest BCUT2D eigenvalue weighted by Crippen LogP contribution is -2.54. The molecule has 5 heteroatoms. The Morgan fingerprint density at radius 2 is 1.89 bits per heavy atom. The van der Waals surface area contributed by atoms with E-state index in [4.69, 9.17) is 6.42 Å². The zero-order chi connectivity index (χ0) is 20.3. The van der Waals surface area contributed by atoms with E-state index in [1.165, 1.54) is 0 Å². The molecule has 0 aromatic rings. The Bertz CT molecular complexity index is 556. The lowest BCUT2D eigenvalue weighted by molar-refractivity contribution is -0.181. The van der Waals surface area contributed by atoms with Gasteiger partial charge in [-0.05, 0) is 44.6 Å². The maximum absolute atomic E-state index is 11.5. The van der Waals surface area contributed by atoms with Crippen LogP contribution in [0.1, 0.15) is 71.1 Å². The largest absolute Gasteiger partial charge is 0.479 e. The Morgan fingerprint density at radius 3 is 2.44 bits per heavy atom. The Kier molecular flexibility index (Phi) is 9.79. The fourth-order valence-electron chi connectivity index (χ4n) is 3.65. The molecule has 0 spiro atoms. The molecule has 0 unspecified atom stereocenters. The number of aliphatic carboxylic acids is 1. The van der Waals surface area contributed by atoms with Gasteiger partial charge in [-0.3, -0.25) is 0 Å². The number of aliphatic hydroxyl groups excluding tert-OH is 1. The van der Waals surface area contributed by atoms with E-state index in [-0.39, 0.29) is 6.42 Å². The first-order chi connectivity index (χ1) is 12.8. The molecule has 4 N–H and O–H groups in total. The van der Waals surface area contributed by atoms with Gasteiger partial charge in [0.2, 0.25) is 0 Å². The van der Waals surface area contributed by atoms with E-state index in [0.717, 1.165) is 32.1 Å². The van der Waals surface area contributed by atoms with Gasteiger partial charge in [0.1, 0.15) is 5.60 Å².